The van der Waals surface area contributed by atoms with Crippen molar-refractivity contribution in [1.29, 1.82) is 0 Å². The van der Waals surface area contributed by atoms with Gasteiger partial charge in [0.1, 0.15) is 0 Å². The maximum atomic E-state index is 13.8. The van der Waals surface area contributed by atoms with Gasteiger partial charge in [-0.2, -0.15) is 4.31 Å². The zero-order valence-corrected chi connectivity index (χ0v) is 20.5. The van der Waals surface area contributed by atoms with Gasteiger partial charge in [-0.15, -0.1) is 0 Å². The first-order valence-electron chi connectivity index (χ1n) is 12.2. The molecular weight excluding hydrogens is 452 g/mol. The predicted octanol–water partition coefficient (Wildman–Crippen LogP) is 4.48. The summed E-state index contributed by atoms with van der Waals surface area (Å²) in [5.41, 5.74) is 2.07. The molecule has 2 aromatic rings. The highest BCUT2D eigenvalue weighted by Crippen LogP contribution is 2.34. The van der Waals surface area contributed by atoms with E-state index in [9.17, 15) is 13.2 Å². The van der Waals surface area contributed by atoms with Gasteiger partial charge in [0.2, 0.25) is 16.8 Å². The number of amides is 1. The Kier molecular flexibility index (Phi) is 6.53. The maximum Gasteiger partial charge on any atom is 0.254 e. The standard InChI is InChI=1S/C26H32N2O5S/c1-19-9-11-21(16-25(19)34(30,31)27-13-5-2-6-14-27)26(29)28(22-7-3-4-8-22)17-20-10-12-23-24(15-20)33-18-32-23/h9-12,15-16,22H,2-8,13-14,17-18H2,1H3. The quantitative estimate of drug-likeness (QED) is 0.604. The van der Waals surface area contributed by atoms with Crippen LogP contribution in [0, 0.1) is 6.92 Å². The molecule has 34 heavy (non-hydrogen) atoms. The first-order valence-corrected chi connectivity index (χ1v) is 13.7. The van der Waals surface area contributed by atoms with Crippen LogP contribution in [0.1, 0.15) is 66.4 Å². The monoisotopic (exact) mass is 484 g/mol. The predicted molar refractivity (Wildman–Crippen MR) is 128 cm³/mol. The molecule has 2 fully saturated rings. The Bertz CT molecular complexity index is 1170. The van der Waals surface area contributed by atoms with E-state index in [-0.39, 0.29) is 23.6 Å². The van der Waals surface area contributed by atoms with Gasteiger partial charge >= 0.3 is 0 Å². The van der Waals surface area contributed by atoms with Crippen LogP contribution in [0.25, 0.3) is 0 Å². The summed E-state index contributed by atoms with van der Waals surface area (Å²) in [5, 5.41) is 0. The van der Waals surface area contributed by atoms with Gasteiger partial charge in [0.15, 0.2) is 11.5 Å². The summed E-state index contributed by atoms with van der Waals surface area (Å²) in [6.45, 7) is 3.53. The molecule has 8 heteroatoms. The molecule has 0 bridgehead atoms. The average molecular weight is 485 g/mol. The van der Waals surface area contributed by atoms with Gasteiger partial charge in [-0.1, -0.05) is 31.4 Å². The van der Waals surface area contributed by atoms with Crippen molar-refractivity contribution in [2.24, 2.45) is 0 Å². The first-order chi connectivity index (χ1) is 16.4. The number of fused-ring (bicyclic) bond motifs is 1. The molecule has 0 N–H and O–H groups in total. The summed E-state index contributed by atoms with van der Waals surface area (Å²) in [5.74, 6) is 1.29. The van der Waals surface area contributed by atoms with Crippen molar-refractivity contribution in [2.45, 2.75) is 69.4 Å². The van der Waals surface area contributed by atoms with Crippen molar-refractivity contribution < 1.29 is 22.7 Å². The van der Waals surface area contributed by atoms with E-state index in [0.717, 1.165) is 50.5 Å². The molecule has 1 saturated carbocycles. The van der Waals surface area contributed by atoms with Crippen LogP contribution < -0.4 is 9.47 Å². The van der Waals surface area contributed by atoms with Crippen LogP contribution in [-0.2, 0) is 16.6 Å². The highest BCUT2D eigenvalue weighted by Gasteiger charge is 2.31. The SMILES string of the molecule is Cc1ccc(C(=O)N(Cc2ccc3c(c2)OCO3)C2CCCC2)cc1S(=O)(=O)N1CCCCC1. The lowest BCUT2D eigenvalue weighted by Crippen LogP contribution is -2.39. The van der Waals surface area contributed by atoms with E-state index in [0.29, 0.717) is 42.3 Å². The van der Waals surface area contributed by atoms with E-state index in [1.54, 1.807) is 29.4 Å². The second kappa shape index (κ2) is 9.58. The molecule has 0 spiro atoms. The van der Waals surface area contributed by atoms with E-state index < -0.39 is 10.0 Å². The molecule has 5 rings (SSSR count). The molecule has 182 valence electrons. The van der Waals surface area contributed by atoms with E-state index >= 15 is 0 Å². The Morgan fingerprint density at radius 3 is 2.47 bits per heavy atom. The van der Waals surface area contributed by atoms with Gasteiger partial charge in [-0.05, 0) is 68.0 Å². The lowest BCUT2D eigenvalue weighted by atomic mass is 10.1. The summed E-state index contributed by atoms with van der Waals surface area (Å²) in [4.78, 5) is 16.0. The average Bonchev–Trinajstić information content (AvgIpc) is 3.55. The van der Waals surface area contributed by atoms with Gasteiger partial charge < -0.3 is 14.4 Å². The summed E-state index contributed by atoms with van der Waals surface area (Å²) < 4.78 is 39.3. The second-order valence-electron chi connectivity index (χ2n) is 9.50. The van der Waals surface area contributed by atoms with E-state index in [1.807, 2.05) is 23.1 Å². The van der Waals surface area contributed by atoms with Gasteiger partial charge in [0.05, 0.1) is 4.90 Å². The number of hydrogen-bond donors (Lipinski definition) is 0. The van der Waals surface area contributed by atoms with Gasteiger partial charge in [-0.25, -0.2) is 8.42 Å². The van der Waals surface area contributed by atoms with Crippen molar-refractivity contribution in [1.82, 2.24) is 9.21 Å². The number of benzene rings is 2. The third-order valence-electron chi connectivity index (χ3n) is 7.18. The molecule has 0 unspecified atom stereocenters. The Morgan fingerprint density at radius 2 is 1.71 bits per heavy atom. The number of ether oxygens (including phenoxy) is 2. The number of carbonyl (C=O) groups excluding carboxylic acids is 1. The Balaban J connectivity index is 1.45. The lowest BCUT2D eigenvalue weighted by Gasteiger charge is -2.30. The molecule has 1 amide bonds. The molecule has 2 aliphatic heterocycles. The fourth-order valence-electron chi connectivity index (χ4n) is 5.24. The summed E-state index contributed by atoms with van der Waals surface area (Å²) in [6.07, 6.45) is 6.92. The van der Waals surface area contributed by atoms with Crippen molar-refractivity contribution in [2.75, 3.05) is 19.9 Å². The summed E-state index contributed by atoms with van der Waals surface area (Å²) in [7, 11) is -3.63. The van der Waals surface area contributed by atoms with Crippen molar-refractivity contribution in [3.63, 3.8) is 0 Å². The highest BCUT2D eigenvalue weighted by atomic mass is 32.2. The molecule has 3 aliphatic rings. The summed E-state index contributed by atoms with van der Waals surface area (Å²) >= 11 is 0. The van der Waals surface area contributed by atoms with Crippen LogP contribution in [-0.4, -0.2) is 49.5 Å². The van der Waals surface area contributed by atoms with E-state index in [2.05, 4.69) is 0 Å². The molecule has 7 nitrogen and oxygen atoms in total. The zero-order chi connectivity index (χ0) is 23.7. The molecular formula is C26H32N2O5S. The largest absolute Gasteiger partial charge is 0.454 e. The van der Waals surface area contributed by atoms with Gasteiger partial charge in [0.25, 0.3) is 5.91 Å². The Morgan fingerprint density at radius 1 is 0.971 bits per heavy atom. The minimum absolute atomic E-state index is 0.125. The Hall–Kier alpha value is -2.58. The molecule has 1 aliphatic carbocycles. The lowest BCUT2D eigenvalue weighted by molar-refractivity contribution is 0.0664. The molecule has 2 heterocycles. The number of carbonyl (C=O) groups is 1. The molecule has 1 saturated heterocycles. The van der Waals surface area contributed by atoms with E-state index in [1.165, 1.54) is 0 Å². The molecule has 0 radical (unpaired) electrons. The van der Waals surface area contributed by atoms with Crippen molar-refractivity contribution in [3.8, 4) is 11.5 Å². The third kappa shape index (κ3) is 4.53. The number of rotatable bonds is 6. The van der Waals surface area contributed by atoms with Crippen LogP contribution >= 0.6 is 0 Å². The number of hydrogen-bond acceptors (Lipinski definition) is 5. The van der Waals surface area contributed by atoms with Crippen molar-refractivity contribution in [3.05, 3.63) is 53.1 Å². The van der Waals surface area contributed by atoms with E-state index in [4.69, 9.17) is 9.47 Å². The van der Waals surface area contributed by atoms with Crippen LogP contribution in [0.3, 0.4) is 0 Å². The zero-order valence-electron chi connectivity index (χ0n) is 19.7. The topological polar surface area (TPSA) is 76.1 Å². The molecule has 2 aromatic carbocycles. The number of nitrogens with zero attached hydrogens (tertiary/aromatic N) is 2. The van der Waals surface area contributed by atoms with Crippen LogP contribution in [0.4, 0.5) is 0 Å². The van der Waals surface area contributed by atoms with Crippen LogP contribution in [0.15, 0.2) is 41.3 Å². The highest BCUT2D eigenvalue weighted by molar-refractivity contribution is 7.89. The Labute approximate surface area is 201 Å². The first kappa shape index (κ1) is 23.2. The second-order valence-corrected chi connectivity index (χ2v) is 11.4. The smallest absolute Gasteiger partial charge is 0.254 e. The van der Waals surface area contributed by atoms with Gasteiger partial charge in [0, 0.05) is 31.2 Å². The van der Waals surface area contributed by atoms with Crippen LogP contribution in [0.5, 0.6) is 11.5 Å². The number of sulfonamides is 1. The minimum Gasteiger partial charge on any atom is -0.454 e. The van der Waals surface area contributed by atoms with Crippen LogP contribution in [0.2, 0.25) is 0 Å². The minimum atomic E-state index is -3.63. The maximum absolute atomic E-state index is 13.8. The van der Waals surface area contributed by atoms with Crippen molar-refractivity contribution >= 4 is 15.9 Å². The van der Waals surface area contributed by atoms with Gasteiger partial charge in [-0.3, -0.25) is 4.79 Å². The fourth-order valence-corrected chi connectivity index (χ4v) is 7.01. The number of aryl methyl sites for hydroxylation is 1. The molecule has 0 atom stereocenters. The normalized spacial score (nSPS) is 18.9. The number of piperidine rings is 1. The summed E-state index contributed by atoms with van der Waals surface area (Å²) in [6, 6.07) is 11.0. The third-order valence-corrected chi connectivity index (χ3v) is 9.22. The fraction of sp³-hybridized carbons (Fsp3) is 0.500. The molecule has 0 aromatic heterocycles.